The zero-order chi connectivity index (χ0) is 25.7. The average molecular weight is 523 g/mol. The number of nitrogens with zero attached hydrogens (tertiary/aromatic N) is 1. The number of nitrogens with one attached hydrogen (secondary N) is 1. The van der Waals surface area contributed by atoms with Crippen molar-refractivity contribution in [2.45, 2.75) is 17.9 Å². The first-order valence-electron chi connectivity index (χ1n) is 11.2. The van der Waals surface area contributed by atoms with Crippen molar-refractivity contribution >= 4 is 33.2 Å². The molecule has 0 aliphatic rings. The second-order valence-corrected chi connectivity index (χ2v) is 10.5. The number of sulfonamides is 1. The van der Waals surface area contributed by atoms with E-state index >= 15 is 0 Å². The maximum absolute atomic E-state index is 13.8. The molecule has 0 radical (unpaired) electrons. The van der Waals surface area contributed by atoms with Crippen LogP contribution in [0, 0.1) is 12.7 Å². The lowest BCUT2D eigenvalue weighted by atomic mass is 9.98. The lowest BCUT2D eigenvalue weighted by Crippen LogP contribution is -2.42. The summed E-state index contributed by atoms with van der Waals surface area (Å²) in [6.45, 7) is 1.44. The van der Waals surface area contributed by atoms with E-state index in [4.69, 9.17) is 11.6 Å². The van der Waals surface area contributed by atoms with Gasteiger partial charge in [-0.3, -0.25) is 9.10 Å². The highest BCUT2D eigenvalue weighted by atomic mass is 35.5. The lowest BCUT2D eigenvalue weighted by Gasteiger charge is -2.26. The second kappa shape index (κ2) is 10.9. The van der Waals surface area contributed by atoms with Gasteiger partial charge in [-0.2, -0.15) is 0 Å². The van der Waals surface area contributed by atoms with Gasteiger partial charge in [0.15, 0.2) is 0 Å². The van der Waals surface area contributed by atoms with Crippen molar-refractivity contribution in [1.29, 1.82) is 0 Å². The minimum absolute atomic E-state index is 0.00334. The zero-order valence-corrected chi connectivity index (χ0v) is 21.0. The number of carbonyl (C=O) groups excluding carboxylic acids is 1. The fourth-order valence-electron chi connectivity index (χ4n) is 3.78. The number of carbonyl (C=O) groups is 1. The molecule has 1 N–H and O–H groups in total. The first-order valence-corrected chi connectivity index (χ1v) is 13.0. The van der Waals surface area contributed by atoms with Gasteiger partial charge < -0.3 is 5.32 Å². The summed E-state index contributed by atoms with van der Waals surface area (Å²) < 4.78 is 41.8. The van der Waals surface area contributed by atoms with Gasteiger partial charge >= 0.3 is 0 Å². The normalized spacial score (nSPS) is 12.1. The molecule has 5 nitrogen and oxygen atoms in total. The van der Waals surface area contributed by atoms with Gasteiger partial charge in [0.05, 0.1) is 21.6 Å². The van der Waals surface area contributed by atoms with Crippen LogP contribution in [0.4, 0.5) is 10.1 Å². The van der Waals surface area contributed by atoms with Gasteiger partial charge in [0.1, 0.15) is 12.4 Å². The van der Waals surface area contributed by atoms with Gasteiger partial charge in [0.2, 0.25) is 5.91 Å². The van der Waals surface area contributed by atoms with E-state index in [9.17, 15) is 17.6 Å². The van der Waals surface area contributed by atoms with E-state index in [1.807, 2.05) is 61.5 Å². The van der Waals surface area contributed by atoms with Crippen LogP contribution in [0.5, 0.6) is 0 Å². The molecule has 1 atom stereocenters. The maximum atomic E-state index is 13.8. The Morgan fingerprint density at radius 3 is 2.08 bits per heavy atom. The van der Waals surface area contributed by atoms with Gasteiger partial charge in [0.25, 0.3) is 10.0 Å². The van der Waals surface area contributed by atoms with E-state index in [1.165, 1.54) is 24.3 Å². The molecule has 0 aliphatic carbocycles. The Hall–Kier alpha value is -3.68. The molecule has 4 aromatic rings. The highest BCUT2D eigenvalue weighted by Crippen LogP contribution is 2.28. The molecular formula is C28H24ClFN2O3S. The molecule has 0 saturated heterocycles. The molecular weight excluding hydrogens is 499 g/mol. The smallest absolute Gasteiger partial charge is 0.264 e. The number of hydrogen-bond acceptors (Lipinski definition) is 3. The molecule has 0 bridgehead atoms. The molecule has 0 aliphatic heterocycles. The number of rotatable bonds is 8. The molecule has 1 amide bonds. The summed E-state index contributed by atoms with van der Waals surface area (Å²) in [6, 6.07) is 27.9. The highest BCUT2D eigenvalue weighted by Gasteiger charge is 2.29. The Balaban J connectivity index is 1.69. The summed E-state index contributed by atoms with van der Waals surface area (Å²) >= 11 is 5.95. The zero-order valence-electron chi connectivity index (χ0n) is 19.4. The molecule has 0 spiro atoms. The number of anilines is 1. The van der Waals surface area contributed by atoms with Gasteiger partial charge in [-0.1, -0.05) is 90.0 Å². The Morgan fingerprint density at radius 2 is 1.47 bits per heavy atom. The van der Waals surface area contributed by atoms with E-state index in [1.54, 1.807) is 18.2 Å². The number of aryl methyl sites for hydroxylation is 1. The van der Waals surface area contributed by atoms with Gasteiger partial charge in [-0.05, 0) is 48.4 Å². The van der Waals surface area contributed by atoms with E-state index < -0.39 is 34.3 Å². The SMILES string of the molecule is Cc1ccc([C@H](NC(=O)CN(c2ccc(F)c(Cl)c2)S(=O)(=O)c2ccccc2)c2ccccc2)cc1. The van der Waals surface area contributed by atoms with Crippen molar-refractivity contribution in [3.8, 4) is 0 Å². The second-order valence-electron chi connectivity index (χ2n) is 8.25. The topological polar surface area (TPSA) is 66.5 Å². The Kier molecular flexibility index (Phi) is 7.72. The molecule has 0 aromatic heterocycles. The molecule has 0 heterocycles. The minimum atomic E-state index is -4.16. The summed E-state index contributed by atoms with van der Waals surface area (Å²) in [5.74, 6) is -1.23. The highest BCUT2D eigenvalue weighted by molar-refractivity contribution is 7.92. The van der Waals surface area contributed by atoms with Crippen molar-refractivity contribution < 1.29 is 17.6 Å². The van der Waals surface area contributed by atoms with E-state index in [0.717, 1.165) is 27.1 Å². The van der Waals surface area contributed by atoms with Crippen molar-refractivity contribution in [3.63, 3.8) is 0 Å². The number of amides is 1. The van der Waals surface area contributed by atoms with Crippen LogP contribution in [0.1, 0.15) is 22.7 Å². The average Bonchev–Trinajstić information content (AvgIpc) is 2.89. The Labute approximate surface area is 215 Å². The van der Waals surface area contributed by atoms with E-state index in [2.05, 4.69) is 5.32 Å². The van der Waals surface area contributed by atoms with E-state index in [-0.39, 0.29) is 15.6 Å². The molecule has 4 rings (SSSR count). The molecule has 4 aromatic carbocycles. The summed E-state index contributed by atoms with van der Waals surface area (Å²) in [5, 5.41) is 2.72. The predicted molar refractivity (Wildman–Crippen MR) is 140 cm³/mol. The van der Waals surface area contributed by atoms with Gasteiger partial charge in [-0.15, -0.1) is 0 Å². The fraction of sp³-hybridized carbons (Fsp3) is 0.107. The largest absolute Gasteiger partial charge is 0.344 e. The van der Waals surface area contributed by atoms with Crippen LogP contribution in [-0.2, 0) is 14.8 Å². The van der Waals surface area contributed by atoms with E-state index in [0.29, 0.717) is 0 Å². The van der Waals surface area contributed by atoms with Crippen LogP contribution in [0.2, 0.25) is 5.02 Å². The van der Waals surface area contributed by atoms with Crippen LogP contribution in [-0.4, -0.2) is 20.9 Å². The number of halogens is 2. The van der Waals surface area contributed by atoms with Crippen molar-refractivity contribution in [2.24, 2.45) is 0 Å². The Bertz CT molecular complexity index is 1450. The van der Waals surface area contributed by atoms with Crippen LogP contribution in [0.25, 0.3) is 0 Å². The maximum Gasteiger partial charge on any atom is 0.264 e. The van der Waals surface area contributed by atoms with Gasteiger partial charge in [0, 0.05) is 0 Å². The lowest BCUT2D eigenvalue weighted by molar-refractivity contribution is -0.120. The summed E-state index contributed by atoms with van der Waals surface area (Å²) in [4.78, 5) is 13.4. The number of hydrogen-bond donors (Lipinski definition) is 1. The van der Waals surface area contributed by atoms with Crippen molar-refractivity contribution in [1.82, 2.24) is 5.32 Å². The third kappa shape index (κ3) is 5.75. The quantitative estimate of drug-likeness (QED) is 0.314. The van der Waals surface area contributed by atoms with Crippen LogP contribution in [0.3, 0.4) is 0 Å². The molecule has 36 heavy (non-hydrogen) atoms. The minimum Gasteiger partial charge on any atom is -0.344 e. The van der Waals surface area contributed by atoms with Crippen LogP contribution >= 0.6 is 11.6 Å². The van der Waals surface area contributed by atoms with Crippen LogP contribution < -0.4 is 9.62 Å². The summed E-state index contributed by atoms with van der Waals surface area (Å²) in [5.41, 5.74) is 2.84. The molecule has 0 fully saturated rings. The third-order valence-corrected chi connectivity index (χ3v) is 7.74. The first-order chi connectivity index (χ1) is 17.3. The first kappa shape index (κ1) is 25.4. The fourth-order valence-corrected chi connectivity index (χ4v) is 5.38. The number of benzene rings is 4. The summed E-state index contributed by atoms with van der Waals surface area (Å²) in [7, 11) is -4.16. The van der Waals surface area contributed by atoms with Crippen LogP contribution in [0.15, 0.2) is 108 Å². The Morgan fingerprint density at radius 1 is 0.889 bits per heavy atom. The monoisotopic (exact) mass is 522 g/mol. The van der Waals surface area contributed by atoms with Crippen molar-refractivity contribution in [3.05, 3.63) is 131 Å². The third-order valence-electron chi connectivity index (χ3n) is 5.66. The standard InChI is InChI=1S/C28H24ClFN2O3S/c1-20-12-14-22(15-13-20)28(21-8-4-2-5-9-21)31-27(33)19-32(23-16-17-26(30)25(29)18-23)36(34,35)24-10-6-3-7-11-24/h2-18,28H,19H2,1H3,(H,31,33)/t28-/m1/s1. The molecule has 184 valence electrons. The molecule has 0 saturated carbocycles. The summed E-state index contributed by atoms with van der Waals surface area (Å²) in [6.07, 6.45) is 0. The molecule has 0 unspecified atom stereocenters. The van der Waals surface area contributed by atoms with Gasteiger partial charge in [-0.25, -0.2) is 12.8 Å². The molecule has 8 heteroatoms. The predicted octanol–water partition coefficient (Wildman–Crippen LogP) is 5.89. The van der Waals surface area contributed by atoms with Crippen molar-refractivity contribution in [2.75, 3.05) is 10.8 Å².